The molecule has 19 heavy (non-hydrogen) atoms. The second-order valence-electron chi connectivity index (χ2n) is 5.70. The Bertz CT molecular complexity index is 358. The molecule has 0 fully saturated rings. The fourth-order valence-electron chi connectivity index (χ4n) is 2.82. The van der Waals surface area contributed by atoms with Crippen LogP contribution in [0.5, 0.6) is 0 Å². The van der Waals surface area contributed by atoms with Crippen LogP contribution >= 0.6 is 8.03 Å². The predicted molar refractivity (Wildman–Crippen MR) is 81.7 cm³/mol. The first-order chi connectivity index (χ1) is 9.36. The van der Waals surface area contributed by atoms with Crippen molar-refractivity contribution in [1.29, 1.82) is 0 Å². The highest BCUT2D eigenvalue weighted by molar-refractivity contribution is 7.44. The molecule has 0 aromatic carbocycles. The van der Waals surface area contributed by atoms with Crippen molar-refractivity contribution in [2.45, 2.75) is 77.0 Å². The Morgan fingerprint density at radius 1 is 0.789 bits per heavy atom. The smallest absolute Gasteiger partial charge is 0.261 e. The van der Waals surface area contributed by atoms with Crippen LogP contribution in [0.15, 0.2) is 23.2 Å². The first kappa shape index (κ1) is 14.9. The van der Waals surface area contributed by atoms with Crippen molar-refractivity contribution in [2.24, 2.45) is 0 Å². The molecule has 1 unspecified atom stereocenters. The van der Waals surface area contributed by atoms with Gasteiger partial charge in [-0.2, -0.15) is 0 Å². The van der Waals surface area contributed by atoms with E-state index in [0.717, 1.165) is 36.8 Å². The van der Waals surface area contributed by atoms with E-state index in [9.17, 15) is 4.57 Å². The van der Waals surface area contributed by atoms with Crippen LogP contribution in [0.4, 0.5) is 0 Å². The fraction of sp³-hybridized carbons (Fsp3) is 0.750. The largest absolute Gasteiger partial charge is 0.447 e. The van der Waals surface area contributed by atoms with Gasteiger partial charge in [-0.25, -0.2) is 0 Å². The van der Waals surface area contributed by atoms with Crippen molar-refractivity contribution in [3.05, 3.63) is 23.2 Å². The summed E-state index contributed by atoms with van der Waals surface area (Å²) in [6.07, 6.45) is 18.5. The van der Waals surface area contributed by atoms with Gasteiger partial charge < -0.3 is 4.52 Å². The van der Waals surface area contributed by atoms with E-state index in [1.807, 2.05) is 0 Å². The highest BCUT2D eigenvalue weighted by atomic mass is 31.1. The van der Waals surface area contributed by atoms with Crippen molar-refractivity contribution in [1.82, 2.24) is 0 Å². The van der Waals surface area contributed by atoms with Gasteiger partial charge >= 0.3 is 0 Å². The van der Waals surface area contributed by atoms with Gasteiger partial charge in [0, 0.05) is 11.7 Å². The number of allylic oxidation sites excluding steroid dienone is 4. The maximum atomic E-state index is 12.4. The zero-order valence-electron chi connectivity index (χ0n) is 12.0. The van der Waals surface area contributed by atoms with Crippen molar-refractivity contribution < 1.29 is 9.09 Å². The first-order valence-corrected chi connectivity index (χ1v) is 9.28. The normalized spacial score (nSPS) is 24.0. The van der Waals surface area contributed by atoms with Crippen LogP contribution in [-0.2, 0) is 9.09 Å². The summed E-state index contributed by atoms with van der Waals surface area (Å²) >= 11 is 0. The maximum Gasteiger partial charge on any atom is 0.261 e. The lowest BCUT2D eigenvalue weighted by Gasteiger charge is -2.16. The summed E-state index contributed by atoms with van der Waals surface area (Å²) in [5.74, 6) is 0.992. The SMILES string of the molecule is O=[PH](OC1=CCCCCCC1)C1=CCCCCCC1. The van der Waals surface area contributed by atoms with Gasteiger partial charge in [0.1, 0.15) is 0 Å². The second-order valence-corrected chi connectivity index (χ2v) is 7.12. The minimum Gasteiger partial charge on any atom is -0.447 e. The van der Waals surface area contributed by atoms with E-state index in [1.165, 1.54) is 51.4 Å². The third-order valence-corrected chi connectivity index (χ3v) is 5.45. The van der Waals surface area contributed by atoms with E-state index in [0.29, 0.717) is 0 Å². The molecule has 0 aromatic heterocycles. The van der Waals surface area contributed by atoms with E-state index in [1.54, 1.807) is 0 Å². The Morgan fingerprint density at radius 3 is 2.21 bits per heavy atom. The third-order valence-electron chi connectivity index (χ3n) is 4.03. The molecule has 1 atom stereocenters. The van der Waals surface area contributed by atoms with Crippen LogP contribution in [0, 0.1) is 0 Å². The molecule has 2 nitrogen and oxygen atoms in total. The predicted octanol–water partition coefficient (Wildman–Crippen LogP) is 5.95. The second kappa shape index (κ2) is 8.64. The molecule has 3 heteroatoms. The van der Waals surface area contributed by atoms with Crippen molar-refractivity contribution in [3.8, 4) is 0 Å². The molecule has 108 valence electrons. The Balaban J connectivity index is 1.90. The molecule has 0 aliphatic heterocycles. The summed E-state index contributed by atoms with van der Waals surface area (Å²) in [7, 11) is -2.01. The van der Waals surface area contributed by atoms with Crippen LogP contribution in [0.25, 0.3) is 0 Å². The molecule has 0 saturated carbocycles. The number of rotatable bonds is 3. The Morgan fingerprint density at radius 2 is 1.42 bits per heavy atom. The quantitative estimate of drug-likeness (QED) is 0.597. The summed E-state index contributed by atoms with van der Waals surface area (Å²) in [5, 5.41) is 1.09. The zero-order chi connectivity index (χ0) is 13.3. The molecule has 0 N–H and O–H groups in total. The Hall–Kier alpha value is -0.490. The summed E-state index contributed by atoms with van der Waals surface area (Å²) in [6, 6.07) is 0. The van der Waals surface area contributed by atoms with E-state index in [4.69, 9.17) is 4.52 Å². The van der Waals surface area contributed by atoms with Crippen LogP contribution in [0.1, 0.15) is 77.0 Å². The summed E-state index contributed by atoms with van der Waals surface area (Å²) in [4.78, 5) is 0. The van der Waals surface area contributed by atoms with Crippen molar-refractivity contribution in [3.63, 3.8) is 0 Å². The summed E-state index contributed by atoms with van der Waals surface area (Å²) in [6.45, 7) is 0. The van der Waals surface area contributed by atoms with Crippen molar-refractivity contribution >= 4 is 8.03 Å². The van der Waals surface area contributed by atoms with Gasteiger partial charge in [-0.3, -0.25) is 4.57 Å². The summed E-state index contributed by atoms with van der Waals surface area (Å²) in [5.41, 5.74) is 0. The molecular weight excluding hydrogens is 255 g/mol. The molecule has 0 amide bonds. The standard InChI is InChI=1S/C16H27O2P/c17-19(16-13-9-5-2-6-10-14-16)18-15-11-7-3-1-4-8-12-15/h11,13,19H,1-10,12,14H2. The van der Waals surface area contributed by atoms with Gasteiger partial charge in [0.2, 0.25) is 0 Å². The number of hydrogen-bond donors (Lipinski definition) is 0. The highest BCUT2D eigenvalue weighted by Crippen LogP contribution is 2.41. The fourth-order valence-corrected chi connectivity index (χ4v) is 4.06. The van der Waals surface area contributed by atoms with E-state index >= 15 is 0 Å². The van der Waals surface area contributed by atoms with E-state index in [-0.39, 0.29) is 0 Å². The topological polar surface area (TPSA) is 26.3 Å². The van der Waals surface area contributed by atoms with Gasteiger partial charge in [-0.15, -0.1) is 0 Å². The van der Waals surface area contributed by atoms with Crippen LogP contribution in [-0.4, -0.2) is 0 Å². The monoisotopic (exact) mass is 282 g/mol. The van der Waals surface area contributed by atoms with Crippen LogP contribution < -0.4 is 0 Å². The maximum absolute atomic E-state index is 12.4. The van der Waals surface area contributed by atoms with Gasteiger partial charge in [0.05, 0.1) is 5.76 Å². The molecule has 2 aliphatic rings. The Kier molecular flexibility index (Phi) is 6.78. The lowest BCUT2D eigenvalue weighted by atomic mass is 10.1. The molecule has 0 saturated heterocycles. The lowest BCUT2D eigenvalue weighted by Crippen LogP contribution is -1.93. The summed E-state index contributed by atoms with van der Waals surface area (Å²) < 4.78 is 18.2. The van der Waals surface area contributed by atoms with Crippen molar-refractivity contribution in [2.75, 3.05) is 0 Å². The average molecular weight is 282 g/mol. The van der Waals surface area contributed by atoms with E-state index < -0.39 is 8.03 Å². The molecule has 0 aromatic rings. The number of hydrogen-bond acceptors (Lipinski definition) is 2. The molecule has 0 bridgehead atoms. The molecule has 2 aliphatic carbocycles. The first-order valence-electron chi connectivity index (χ1n) is 7.96. The van der Waals surface area contributed by atoms with Gasteiger partial charge in [-0.05, 0) is 51.0 Å². The minimum absolute atomic E-state index is 0.976. The van der Waals surface area contributed by atoms with Gasteiger partial charge in [0.25, 0.3) is 8.03 Å². The van der Waals surface area contributed by atoms with Crippen LogP contribution in [0.3, 0.4) is 0 Å². The molecule has 2 rings (SSSR count). The lowest BCUT2D eigenvalue weighted by molar-refractivity contribution is 0.394. The Labute approximate surface area is 118 Å². The molecule has 0 spiro atoms. The van der Waals surface area contributed by atoms with E-state index in [2.05, 4.69) is 12.2 Å². The average Bonchev–Trinajstić information content (AvgIpc) is 2.31. The van der Waals surface area contributed by atoms with Gasteiger partial charge in [0.15, 0.2) is 0 Å². The highest BCUT2D eigenvalue weighted by Gasteiger charge is 2.12. The zero-order valence-corrected chi connectivity index (χ0v) is 13.0. The van der Waals surface area contributed by atoms with Crippen LogP contribution in [0.2, 0.25) is 0 Å². The molecular formula is C16H27O2P. The minimum atomic E-state index is -2.01. The molecule has 0 heterocycles. The molecule has 0 radical (unpaired) electrons. The third kappa shape index (κ3) is 5.57. The van der Waals surface area contributed by atoms with Gasteiger partial charge in [-0.1, -0.05) is 31.8 Å².